The molecule has 0 saturated heterocycles. The summed E-state index contributed by atoms with van der Waals surface area (Å²) >= 11 is 1.99. The molecule has 0 radical (unpaired) electrons. The van der Waals surface area contributed by atoms with E-state index in [4.69, 9.17) is 0 Å². The lowest BCUT2D eigenvalue weighted by atomic mass is 10.1. The van der Waals surface area contributed by atoms with E-state index in [2.05, 4.69) is 42.4 Å². The first kappa shape index (κ1) is 11.7. The minimum atomic E-state index is 0.539. The summed E-state index contributed by atoms with van der Waals surface area (Å²) in [6.45, 7) is 6.13. The zero-order chi connectivity index (χ0) is 11.4. The van der Waals surface area contributed by atoms with Crippen LogP contribution in [0.5, 0.6) is 0 Å². The van der Waals surface area contributed by atoms with E-state index in [0.29, 0.717) is 4.75 Å². The predicted octanol–water partition coefficient (Wildman–Crippen LogP) is 3.19. The Morgan fingerprint density at radius 1 is 1.38 bits per heavy atom. The fourth-order valence-corrected chi connectivity index (χ4v) is 2.57. The number of hydrogen-bond donors (Lipinski definition) is 1. The molecule has 0 aliphatic heterocycles. The van der Waals surface area contributed by atoms with Gasteiger partial charge in [0, 0.05) is 17.8 Å². The number of rotatable bonds is 6. The van der Waals surface area contributed by atoms with Gasteiger partial charge in [0.05, 0.1) is 0 Å². The van der Waals surface area contributed by atoms with Crippen molar-refractivity contribution in [2.24, 2.45) is 0 Å². The molecule has 1 aromatic rings. The Bertz CT molecular complexity index is 354. The molecule has 2 heteroatoms. The minimum Gasteiger partial charge on any atom is -0.311 e. The van der Waals surface area contributed by atoms with Crippen LogP contribution in [0.2, 0.25) is 0 Å². The molecule has 16 heavy (non-hydrogen) atoms. The fraction of sp³-hybridized carbons (Fsp3) is 0.429. The van der Waals surface area contributed by atoms with Crippen LogP contribution < -0.4 is 5.32 Å². The Balaban J connectivity index is 1.76. The first-order valence-electron chi connectivity index (χ1n) is 5.75. The van der Waals surface area contributed by atoms with Gasteiger partial charge < -0.3 is 5.32 Å². The van der Waals surface area contributed by atoms with Gasteiger partial charge in [0.1, 0.15) is 0 Å². The molecule has 1 aliphatic carbocycles. The molecule has 1 fully saturated rings. The van der Waals surface area contributed by atoms with Crippen LogP contribution in [0, 0.1) is 0 Å². The second-order valence-corrected chi connectivity index (χ2v) is 5.73. The van der Waals surface area contributed by atoms with Crippen LogP contribution in [-0.2, 0) is 0 Å². The first-order valence-corrected chi connectivity index (χ1v) is 6.97. The number of nitrogens with one attached hydrogen (secondary N) is 1. The van der Waals surface area contributed by atoms with Gasteiger partial charge in [-0.2, -0.15) is 11.8 Å². The van der Waals surface area contributed by atoms with Crippen LogP contribution in [-0.4, -0.2) is 24.1 Å². The van der Waals surface area contributed by atoms with Crippen LogP contribution >= 0.6 is 11.8 Å². The number of hydrogen-bond acceptors (Lipinski definition) is 2. The second-order valence-electron chi connectivity index (χ2n) is 4.46. The van der Waals surface area contributed by atoms with E-state index in [1.165, 1.54) is 24.0 Å². The van der Waals surface area contributed by atoms with E-state index in [9.17, 15) is 0 Å². The molecule has 0 aromatic heterocycles. The highest BCUT2D eigenvalue weighted by molar-refractivity contribution is 8.00. The summed E-state index contributed by atoms with van der Waals surface area (Å²) in [5.74, 6) is 0. The Morgan fingerprint density at radius 2 is 2.06 bits per heavy atom. The summed E-state index contributed by atoms with van der Waals surface area (Å²) in [6, 6.07) is 10.4. The molecule has 1 saturated carbocycles. The van der Waals surface area contributed by atoms with Gasteiger partial charge in [0.2, 0.25) is 0 Å². The molecule has 86 valence electrons. The number of thioether (sulfide) groups is 1. The summed E-state index contributed by atoms with van der Waals surface area (Å²) in [6.07, 6.45) is 4.93. The van der Waals surface area contributed by atoms with Crippen molar-refractivity contribution >= 4 is 17.3 Å². The highest BCUT2D eigenvalue weighted by Gasteiger charge is 2.41. The van der Waals surface area contributed by atoms with Gasteiger partial charge in [-0.05, 0) is 30.2 Å². The van der Waals surface area contributed by atoms with E-state index >= 15 is 0 Å². The number of benzene rings is 1. The third-order valence-electron chi connectivity index (χ3n) is 3.21. The summed E-state index contributed by atoms with van der Waals surface area (Å²) in [7, 11) is 0. The molecular weight excluding hydrogens is 214 g/mol. The fourth-order valence-electron chi connectivity index (χ4n) is 1.81. The molecule has 0 atom stereocenters. The van der Waals surface area contributed by atoms with Crippen LogP contribution in [0.1, 0.15) is 18.4 Å². The van der Waals surface area contributed by atoms with Gasteiger partial charge in [-0.15, -0.1) is 0 Å². The summed E-state index contributed by atoms with van der Waals surface area (Å²) < 4.78 is 0.539. The second kappa shape index (κ2) is 5.07. The van der Waals surface area contributed by atoms with Crippen molar-refractivity contribution in [3.8, 4) is 0 Å². The molecule has 1 N–H and O–H groups in total. The molecule has 1 aliphatic rings. The van der Waals surface area contributed by atoms with Crippen LogP contribution in [0.3, 0.4) is 0 Å². The van der Waals surface area contributed by atoms with Crippen molar-refractivity contribution in [3.05, 3.63) is 42.5 Å². The van der Waals surface area contributed by atoms with Crippen LogP contribution in [0.15, 0.2) is 36.9 Å². The summed E-state index contributed by atoms with van der Waals surface area (Å²) in [4.78, 5) is 0. The highest BCUT2D eigenvalue weighted by Crippen LogP contribution is 2.46. The smallest absolute Gasteiger partial charge is 0.0282 e. The third-order valence-corrected chi connectivity index (χ3v) is 4.63. The minimum absolute atomic E-state index is 0.539. The highest BCUT2D eigenvalue weighted by atomic mass is 32.2. The Morgan fingerprint density at radius 3 is 2.62 bits per heavy atom. The Kier molecular flexibility index (Phi) is 3.72. The molecule has 2 rings (SSSR count). The molecule has 0 amide bonds. The zero-order valence-electron chi connectivity index (χ0n) is 9.83. The SMILES string of the molecule is C=C(CNCC1(SC)CC1)c1ccccc1. The normalized spacial score (nSPS) is 17.1. The predicted molar refractivity (Wildman–Crippen MR) is 73.8 cm³/mol. The van der Waals surface area contributed by atoms with Gasteiger partial charge >= 0.3 is 0 Å². The van der Waals surface area contributed by atoms with Crippen molar-refractivity contribution in [2.45, 2.75) is 17.6 Å². The van der Waals surface area contributed by atoms with Crippen LogP contribution in [0.4, 0.5) is 0 Å². The van der Waals surface area contributed by atoms with E-state index in [1.807, 2.05) is 17.8 Å². The standard InChI is InChI=1S/C14H19NS/c1-12(13-6-4-3-5-7-13)10-15-11-14(16-2)8-9-14/h3-7,15H,1,8-11H2,2H3. The lowest BCUT2D eigenvalue weighted by molar-refractivity contribution is 0.719. The third kappa shape index (κ3) is 2.89. The average Bonchev–Trinajstić information content (AvgIpc) is 3.11. The van der Waals surface area contributed by atoms with Crippen molar-refractivity contribution in [1.29, 1.82) is 0 Å². The Labute approximate surface area is 102 Å². The maximum absolute atomic E-state index is 4.12. The molecule has 0 bridgehead atoms. The van der Waals surface area contributed by atoms with E-state index in [0.717, 1.165) is 13.1 Å². The van der Waals surface area contributed by atoms with Gasteiger partial charge in [0.25, 0.3) is 0 Å². The summed E-state index contributed by atoms with van der Waals surface area (Å²) in [5.41, 5.74) is 2.42. The molecule has 0 spiro atoms. The molecule has 0 heterocycles. The Hall–Kier alpha value is -0.730. The van der Waals surface area contributed by atoms with Gasteiger partial charge in [-0.25, -0.2) is 0 Å². The topological polar surface area (TPSA) is 12.0 Å². The van der Waals surface area contributed by atoms with Crippen molar-refractivity contribution < 1.29 is 0 Å². The zero-order valence-corrected chi connectivity index (χ0v) is 10.6. The van der Waals surface area contributed by atoms with Crippen molar-refractivity contribution in [3.63, 3.8) is 0 Å². The molecule has 0 unspecified atom stereocenters. The van der Waals surface area contributed by atoms with Gasteiger partial charge in [-0.3, -0.25) is 0 Å². The average molecular weight is 233 g/mol. The van der Waals surface area contributed by atoms with Crippen molar-refractivity contribution in [1.82, 2.24) is 5.32 Å². The lowest BCUT2D eigenvalue weighted by Crippen LogP contribution is -2.27. The maximum Gasteiger partial charge on any atom is 0.0282 e. The van der Waals surface area contributed by atoms with E-state index < -0.39 is 0 Å². The van der Waals surface area contributed by atoms with Crippen molar-refractivity contribution in [2.75, 3.05) is 19.3 Å². The van der Waals surface area contributed by atoms with Gasteiger partial charge in [-0.1, -0.05) is 36.9 Å². The largest absolute Gasteiger partial charge is 0.311 e. The molecular formula is C14H19NS. The van der Waals surface area contributed by atoms with Gasteiger partial charge in [0.15, 0.2) is 0 Å². The van der Waals surface area contributed by atoms with E-state index in [-0.39, 0.29) is 0 Å². The quantitative estimate of drug-likeness (QED) is 0.810. The molecule has 1 nitrogen and oxygen atoms in total. The molecule has 1 aromatic carbocycles. The van der Waals surface area contributed by atoms with Crippen LogP contribution in [0.25, 0.3) is 5.57 Å². The maximum atomic E-state index is 4.12. The lowest BCUT2D eigenvalue weighted by Gasteiger charge is -2.14. The summed E-state index contributed by atoms with van der Waals surface area (Å²) in [5, 5.41) is 3.52. The van der Waals surface area contributed by atoms with E-state index in [1.54, 1.807) is 0 Å². The first-order chi connectivity index (χ1) is 7.76. The monoisotopic (exact) mass is 233 g/mol.